The minimum atomic E-state index is -3.32. The molecular formula is C17H22O5S. The second-order valence-corrected chi connectivity index (χ2v) is 7.64. The molecule has 1 aromatic rings. The second-order valence-electron chi connectivity index (χ2n) is 5.61. The second kappa shape index (κ2) is 7.75. The molecule has 126 valence electrons. The molecule has 0 bridgehead atoms. The van der Waals surface area contributed by atoms with Crippen molar-refractivity contribution in [3.63, 3.8) is 0 Å². The van der Waals surface area contributed by atoms with Gasteiger partial charge in [-0.3, -0.25) is 0 Å². The van der Waals surface area contributed by atoms with Gasteiger partial charge in [-0.2, -0.15) is 0 Å². The molecule has 1 heterocycles. The van der Waals surface area contributed by atoms with E-state index < -0.39 is 15.8 Å². The molecule has 2 atom stereocenters. The first-order valence-electron chi connectivity index (χ1n) is 7.69. The lowest BCUT2D eigenvalue weighted by molar-refractivity contribution is -0.140. The Morgan fingerprint density at radius 2 is 2.00 bits per heavy atom. The third-order valence-electron chi connectivity index (χ3n) is 3.85. The fraction of sp³-hybridized carbons (Fsp3) is 0.471. The van der Waals surface area contributed by atoms with E-state index in [9.17, 15) is 13.2 Å². The highest BCUT2D eigenvalue weighted by atomic mass is 32.2. The van der Waals surface area contributed by atoms with Crippen molar-refractivity contribution in [2.24, 2.45) is 5.92 Å². The maximum Gasteiger partial charge on any atom is 0.336 e. The number of ether oxygens (including phenoxy) is 2. The van der Waals surface area contributed by atoms with Crippen LogP contribution in [0, 0.1) is 5.92 Å². The van der Waals surface area contributed by atoms with Gasteiger partial charge in [-0.15, -0.1) is 0 Å². The van der Waals surface area contributed by atoms with Crippen LogP contribution in [0.5, 0.6) is 0 Å². The minimum absolute atomic E-state index is 0.0512. The molecule has 0 aliphatic carbocycles. The minimum Gasteiger partial charge on any atom is -0.463 e. The summed E-state index contributed by atoms with van der Waals surface area (Å²) in [6.45, 7) is 6.05. The Balaban J connectivity index is 1.90. The fourth-order valence-electron chi connectivity index (χ4n) is 2.60. The lowest BCUT2D eigenvalue weighted by atomic mass is 9.96. The van der Waals surface area contributed by atoms with Crippen LogP contribution in [0.25, 0.3) is 0 Å². The van der Waals surface area contributed by atoms with E-state index in [0.717, 1.165) is 0 Å². The maximum atomic E-state index is 12.4. The van der Waals surface area contributed by atoms with Gasteiger partial charge in [0.1, 0.15) is 0 Å². The lowest BCUT2D eigenvalue weighted by Gasteiger charge is -2.29. The number of hydrogen-bond donors (Lipinski definition) is 0. The molecule has 0 amide bonds. The first kappa shape index (κ1) is 17.7. The molecule has 0 N–H and O–H groups in total. The third-order valence-corrected chi connectivity index (χ3v) is 5.75. The molecular weight excluding hydrogens is 316 g/mol. The van der Waals surface area contributed by atoms with Crippen LogP contribution in [0.2, 0.25) is 0 Å². The van der Waals surface area contributed by atoms with E-state index in [2.05, 4.69) is 6.58 Å². The monoisotopic (exact) mass is 338 g/mol. The summed E-state index contributed by atoms with van der Waals surface area (Å²) >= 11 is 0. The summed E-state index contributed by atoms with van der Waals surface area (Å²) in [5.41, 5.74) is 0.302. The highest BCUT2D eigenvalue weighted by Crippen LogP contribution is 2.26. The molecule has 5 nitrogen and oxygen atoms in total. The average molecular weight is 338 g/mol. The molecule has 6 heteroatoms. The maximum absolute atomic E-state index is 12.4. The number of esters is 1. The van der Waals surface area contributed by atoms with Gasteiger partial charge in [0.15, 0.2) is 9.84 Å². The van der Waals surface area contributed by atoms with E-state index >= 15 is 0 Å². The molecule has 0 spiro atoms. The van der Waals surface area contributed by atoms with Crippen molar-refractivity contribution in [1.82, 2.24) is 0 Å². The van der Waals surface area contributed by atoms with Crippen molar-refractivity contribution in [2.45, 2.75) is 30.8 Å². The van der Waals surface area contributed by atoms with Gasteiger partial charge in [0.25, 0.3) is 0 Å². The average Bonchev–Trinajstić information content (AvgIpc) is 2.55. The van der Waals surface area contributed by atoms with Crippen LogP contribution in [0.3, 0.4) is 0 Å². The van der Waals surface area contributed by atoms with E-state index in [1.807, 2.05) is 0 Å². The SMILES string of the molecule is C=C(C(=O)OCC)C1CCC(CS(=O)(=O)c2ccccc2)CO1. The zero-order chi connectivity index (χ0) is 16.9. The molecule has 0 radical (unpaired) electrons. The summed E-state index contributed by atoms with van der Waals surface area (Å²) in [6, 6.07) is 8.41. The molecule has 1 aromatic carbocycles. The van der Waals surface area contributed by atoms with Crippen LogP contribution in [-0.2, 0) is 24.1 Å². The Labute approximate surface area is 137 Å². The van der Waals surface area contributed by atoms with E-state index in [0.29, 0.717) is 36.5 Å². The summed E-state index contributed by atoms with van der Waals surface area (Å²) < 4.78 is 35.3. The summed E-state index contributed by atoms with van der Waals surface area (Å²) in [5, 5.41) is 0. The number of rotatable bonds is 6. The van der Waals surface area contributed by atoms with Crippen LogP contribution in [0.1, 0.15) is 19.8 Å². The molecule has 1 aliphatic heterocycles. The summed E-state index contributed by atoms with van der Waals surface area (Å²) in [6.07, 6.45) is 0.867. The first-order valence-corrected chi connectivity index (χ1v) is 9.34. The Kier molecular flexibility index (Phi) is 5.96. The molecule has 1 aliphatic rings. The van der Waals surface area contributed by atoms with E-state index in [-0.39, 0.29) is 17.8 Å². The van der Waals surface area contributed by atoms with Crippen LogP contribution < -0.4 is 0 Å². The van der Waals surface area contributed by atoms with Crippen molar-refractivity contribution in [3.05, 3.63) is 42.5 Å². The van der Waals surface area contributed by atoms with Crippen molar-refractivity contribution in [1.29, 1.82) is 0 Å². The quantitative estimate of drug-likeness (QED) is 0.588. The Bertz CT molecular complexity index is 643. The van der Waals surface area contributed by atoms with Crippen LogP contribution >= 0.6 is 0 Å². The molecule has 23 heavy (non-hydrogen) atoms. The predicted molar refractivity (Wildman–Crippen MR) is 86.7 cm³/mol. The van der Waals surface area contributed by atoms with Crippen molar-refractivity contribution in [2.75, 3.05) is 19.0 Å². The molecule has 0 aromatic heterocycles. The van der Waals surface area contributed by atoms with E-state index in [4.69, 9.17) is 9.47 Å². The first-order chi connectivity index (χ1) is 10.9. The fourth-order valence-corrected chi connectivity index (χ4v) is 4.25. The lowest BCUT2D eigenvalue weighted by Crippen LogP contribution is -2.33. The zero-order valence-corrected chi connectivity index (χ0v) is 14.1. The zero-order valence-electron chi connectivity index (χ0n) is 13.2. The summed E-state index contributed by atoms with van der Waals surface area (Å²) in [7, 11) is -3.32. The number of sulfone groups is 1. The van der Waals surface area contributed by atoms with Gasteiger partial charge in [-0.1, -0.05) is 24.8 Å². The predicted octanol–water partition coefficient (Wildman–Crippen LogP) is 2.37. The smallest absolute Gasteiger partial charge is 0.336 e. The number of carbonyl (C=O) groups excluding carboxylic acids is 1. The molecule has 2 unspecified atom stereocenters. The molecule has 1 saturated heterocycles. The van der Waals surface area contributed by atoms with E-state index in [1.165, 1.54) is 0 Å². The molecule has 2 rings (SSSR count). The molecule has 1 fully saturated rings. The molecule has 0 saturated carbocycles. The highest BCUT2D eigenvalue weighted by Gasteiger charge is 2.30. The van der Waals surface area contributed by atoms with Gasteiger partial charge in [-0.25, -0.2) is 13.2 Å². The number of hydrogen-bond acceptors (Lipinski definition) is 5. The number of carbonyl (C=O) groups is 1. The van der Waals surface area contributed by atoms with Gasteiger partial charge >= 0.3 is 5.97 Å². The summed E-state index contributed by atoms with van der Waals surface area (Å²) in [4.78, 5) is 12.0. The van der Waals surface area contributed by atoms with Crippen LogP contribution in [0.4, 0.5) is 0 Å². The van der Waals surface area contributed by atoms with Crippen LogP contribution in [-0.4, -0.2) is 39.5 Å². The Morgan fingerprint density at radius 1 is 1.30 bits per heavy atom. The van der Waals surface area contributed by atoms with Crippen LogP contribution in [0.15, 0.2) is 47.4 Å². The van der Waals surface area contributed by atoms with Gasteiger partial charge in [0, 0.05) is 0 Å². The Morgan fingerprint density at radius 3 is 2.57 bits per heavy atom. The van der Waals surface area contributed by atoms with Crippen molar-refractivity contribution < 1.29 is 22.7 Å². The topological polar surface area (TPSA) is 69.7 Å². The largest absolute Gasteiger partial charge is 0.463 e. The van der Waals surface area contributed by atoms with E-state index in [1.54, 1.807) is 37.3 Å². The third kappa shape index (κ3) is 4.65. The van der Waals surface area contributed by atoms with Gasteiger partial charge < -0.3 is 9.47 Å². The normalized spacial score (nSPS) is 21.6. The van der Waals surface area contributed by atoms with Crippen molar-refractivity contribution >= 4 is 15.8 Å². The number of benzene rings is 1. The standard InChI is InChI=1S/C17H22O5S/c1-3-21-17(18)13(2)16-10-9-14(11-22-16)12-23(19,20)15-7-5-4-6-8-15/h4-8,14,16H,2-3,9-12H2,1H3. The highest BCUT2D eigenvalue weighted by molar-refractivity contribution is 7.91. The van der Waals surface area contributed by atoms with Gasteiger partial charge in [0.05, 0.1) is 35.5 Å². The van der Waals surface area contributed by atoms with Gasteiger partial charge in [0.2, 0.25) is 0 Å². The van der Waals surface area contributed by atoms with Gasteiger partial charge in [-0.05, 0) is 37.8 Å². The Hall–Kier alpha value is -1.66. The summed E-state index contributed by atoms with van der Waals surface area (Å²) in [5.74, 6) is -0.477. The van der Waals surface area contributed by atoms with Crippen molar-refractivity contribution in [3.8, 4) is 0 Å².